The largest absolute Gasteiger partial charge is 0.503 e. The quantitative estimate of drug-likeness (QED) is 0.458. The normalized spacial score (nSPS) is 11.1. The molecule has 0 atom stereocenters. The number of thiazole rings is 1. The van der Waals surface area contributed by atoms with Crippen molar-refractivity contribution in [1.29, 1.82) is 0 Å². The third kappa shape index (κ3) is 3.99. The molecule has 1 aromatic carbocycles. The van der Waals surface area contributed by atoms with E-state index in [1.165, 1.54) is 31.8 Å². The Morgan fingerprint density at radius 3 is 2.68 bits per heavy atom. The molecule has 0 amide bonds. The Morgan fingerprint density at radius 2 is 2.05 bits per heavy atom. The average molecular weight is 340 g/mol. The number of carbonyl (C=O) groups excluding carboxylic acids is 1. The molecule has 0 radical (unpaired) electrons. The van der Waals surface area contributed by atoms with E-state index in [0.29, 0.717) is 20.8 Å². The van der Waals surface area contributed by atoms with Gasteiger partial charge in [-0.15, -0.1) is 11.3 Å². The number of benzene rings is 1. The summed E-state index contributed by atoms with van der Waals surface area (Å²) in [6, 6.07) is 9.30. The first-order valence-corrected chi connectivity index (χ1v) is 7.50. The van der Waals surface area contributed by atoms with Crippen LogP contribution in [0.15, 0.2) is 36.6 Å². The molecule has 0 aliphatic carbocycles. The standard InChI is InChI=1S/C15H14ClNO4S/c1-19-8-11(14(18)20-2)13-12(17-15(16)22-13)9-21-10-6-4-3-5-7-10/h3-8H,9H2,1-2H3/b11-8+. The van der Waals surface area contributed by atoms with Crippen molar-refractivity contribution in [2.75, 3.05) is 14.2 Å². The van der Waals surface area contributed by atoms with Gasteiger partial charge in [-0.05, 0) is 12.1 Å². The number of aromatic nitrogens is 1. The Morgan fingerprint density at radius 1 is 1.32 bits per heavy atom. The fraction of sp³-hybridized carbons (Fsp3) is 0.200. The minimum Gasteiger partial charge on any atom is -0.503 e. The minimum absolute atomic E-state index is 0.181. The number of methoxy groups -OCH3 is 2. The summed E-state index contributed by atoms with van der Waals surface area (Å²) >= 11 is 7.14. The Balaban J connectivity index is 2.25. The molecular weight excluding hydrogens is 326 g/mol. The van der Waals surface area contributed by atoms with Crippen molar-refractivity contribution in [2.24, 2.45) is 0 Å². The van der Waals surface area contributed by atoms with Crippen molar-refractivity contribution in [3.8, 4) is 5.75 Å². The molecule has 0 bridgehead atoms. The Bertz CT molecular complexity index is 669. The number of hydrogen-bond donors (Lipinski definition) is 0. The van der Waals surface area contributed by atoms with Crippen molar-refractivity contribution in [3.63, 3.8) is 0 Å². The lowest BCUT2D eigenvalue weighted by atomic mass is 10.2. The first-order chi connectivity index (χ1) is 10.7. The van der Waals surface area contributed by atoms with E-state index in [4.69, 9.17) is 25.8 Å². The van der Waals surface area contributed by atoms with Gasteiger partial charge in [-0.25, -0.2) is 9.78 Å². The van der Waals surface area contributed by atoms with Gasteiger partial charge in [0.1, 0.15) is 17.9 Å². The highest BCUT2D eigenvalue weighted by atomic mass is 35.5. The lowest BCUT2D eigenvalue weighted by molar-refractivity contribution is -0.133. The maximum Gasteiger partial charge on any atom is 0.342 e. The molecule has 0 saturated carbocycles. The topological polar surface area (TPSA) is 57.7 Å². The van der Waals surface area contributed by atoms with Crippen LogP contribution in [0.25, 0.3) is 5.57 Å². The molecule has 116 valence electrons. The van der Waals surface area contributed by atoms with Crippen LogP contribution in [0.2, 0.25) is 4.47 Å². The van der Waals surface area contributed by atoms with Crippen LogP contribution in [0.5, 0.6) is 5.75 Å². The lowest BCUT2D eigenvalue weighted by Crippen LogP contribution is -2.06. The maximum atomic E-state index is 11.9. The monoisotopic (exact) mass is 339 g/mol. The van der Waals surface area contributed by atoms with Crippen LogP contribution in [-0.4, -0.2) is 25.2 Å². The summed E-state index contributed by atoms with van der Waals surface area (Å²) in [5, 5.41) is 0. The molecule has 5 nitrogen and oxygen atoms in total. The summed E-state index contributed by atoms with van der Waals surface area (Å²) in [6.07, 6.45) is 1.31. The lowest BCUT2D eigenvalue weighted by Gasteiger charge is -2.07. The highest BCUT2D eigenvalue weighted by Gasteiger charge is 2.21. The summed E-state index contributed by atoms with van der Waals surface area (Å²) in [5.74, 6) is 0.177. The molecule has 0 N–H and O–H groups in total. The van der Waals surface area contributed by atoms with Crippen LogP contribution < -0.4 is 4.74 Å². The maximum absolute atomic E-state index is 11.9. The van der Waals surface area contributed by atoms with E-state index in [1.807, 2.05) is 30.3 Å². The van der Waals surface area contributed by atoms with Gasteiger partial charge in [-0.1, -0.05) is 29.8 Å². The van der Waals surface area contributed by atoms with E-state index >= 15 is 0 Å². The Kier molecular flexibility index (Phi) is 5.80. The predicted octanol–water partition coefficient (Wildman–Crippen LogP) is 3.54. The van der Waals surface area contributed by atoms with Crippen LogP contribution in [0, 0.1) is 0 Å². The summed E-state index contributed by atoms with van der Waals surface area (Å²) in [6.45, 7) is 0.181. The number of nitrogens with zero attached hydrogens (tertiary/aromatic N) is 1. The number of ether oxygens (including phenoxy) is 3. The number of esters is 1. The van der Waals surface area contributed by atoms with Crippen LogP contribution in [0.4, 0.5) is 0 Å². The molecule has 0 aliphatic heterocycles. The van der Waals surface area contributed by atoms with Crippen LogP contribution in [-0.2, 0) is 20.9 Å². The summed E-state index contributed by atoms with van der Waals surface area (Å²) < 4.78 is 15.7. The zero-order valence-electron chi connectivity index (χ0n) is 12.0. The molecule has 7 heteroatoms. The molecule has 0 unspecified atom stereocenters. The third-order valence-corrected chi connectivity index (χ3v) is 3.91. The Hall–Kier alpha value is -2.05. The SMILES string of the molecule is CO/C=C(/C(=O)OC)c1sc(Cl)nc1COc1ccccc1. The fourth-order valence-electron chi connectivity index (χ4n) is 1.72. The first-order valence-electron chi connectivity index (χ1n) is 6.30. The van der Waals surface area contributed by atoms with Gasteiger partial charge in [0.15, 0.2) is 4.47 Å². The molecule has 2 aromatic rings. The summed E-state index contributed by atoms with van der Waals surface area (Å²) in [7, 11) is 2.75. The molecule has 2 rings (SSSR count). The van der Waals surface area contributed by atoms with Gasteiger partial charge in [0.25, 0.3) is 0 Å². The second kappa shape index (κ2) is 7.82. The highest BCUT2D eigenvalue weighted by Crippen LogP contribution is 2.31. The van der Waals surface area contributed by atoms with E-state index in [-0.39, 0.29) is 12.2 Å². The molecule has 0 saturated heterocycles. The second-order valence-corrected chi connectivity index (χ2v) is 5.68. The van der Waals surface area contributed by atoms with Crippen molar-refractivity contribution >= 4 is 34.5 Å². The third-order valence-electron chi connectivity index (χ3n) is 2.68. The van der Waals surface area contributed by atoms with Crippen molar-refractivity contribution in [3.05, 3.63) is 51.6 Å². The van der Waals surface area contributed by atoms with Crippen LogP contribution in [0.1, 0.15) is 10.6 Å². The second-order valence-electron chi connectivity index (χ2n) is 4.10. The van der Waals surface area contributed by atoms with Gasteiger partial charge in [-0.2, -0.15) is 0 Å². The minimum atomic E-state index is -0.525. The Labute approximate surface area is 137 Å². The van der Waals surface area contributed by atoms with Gasteiger partial charge < -0.3 is 14.2 Å². The van der Waals surface area contributed by atoms with Gasteiger partial charge in [-0.3, -0.25) is 0 Å². The van der Waals surface area contributed by atoms with Crippen molar-refractivity contribution in [2.45, 2.75) is 6.61 Å². The number of carbonyl (C=O) groups is 1. The highest BCUT2D eigenvalue weighted by molar-refractivity contribution is 7.17. The molecule has 0 spiro atoms. The predicted molar refractivity (Wildman–Crippen MR) is 84.9 cm³/mol. The molecular formula is C15H14ClNO4S. The zero-order valence-corrected chi connectivity index (χ0v) is 13.6. The average Bonchev–Trinajstić information content (AvgIpc) is 2.91. The van der Waals surface area contributed by atoms with Crippen LogP contribution >= 0.6 is 22.9 Å². The van der Waals surface area contributed by atoms with Crippen LogP contribution in [0.3, 0.4) is 0 Å². The van der Waals surface area contributed by atoms with Crippen molar-refractivity contribution in [1.82, 2.24) is 4.98 Å². The van der Waals surface area contributed by atoms with E-state index in [0.717, 1.165) is 0 Å². The molecule has 0 aliphatic rings. The fourth-order valence-corrected chi connectivity index (χ4v) is 2.84. The number of para-hydroxylation sites is 1. The van der Waals surface area contributed by atoms with Gasteiger partial charge in [0, 0.05) is 0 Å². The summed E-state index contributed by atoms with van der Waals surface area (Å²) in [4.78, 5) is 16.6. The molecule has 22 heavy (non-hydrogen) atoms. The van der Waals surface area contributed by atoms with E-state index in [9.17, 15) is 4.79 Å². The number of halogens is 1. The summed E-state index contributed by atoms with van der Waals surface area (Å²) in [5.41, 5.74) is 0.800. The van der Waals surface area contributed by atoms with Gasteiger partial charge >= 0.3 is 5.97 Å². The van der Waals surface area contributed by atoms with E-state index in [2.05, 4.69) is 4.98 Å². The zero-order chi connectivity index (χ0) is 15.9. The van der Waals surface area contributed by atoms with E-state index < -0.39 is 5.97 Å². The van der Waals surface area contributed by atoms with Gasteiger partial charge in [0.2, 0.25) is 0 Å². The number of rotatable bonds is 6. The van der Waals surface area contributed by atoms with Gasteiger partial charge in [0.05, 0.1) is 31.1 Å². The molecule has 1 aromatic heterocycles. The first kappa shape index (κ1) is 16.3. The van der Waals surface area contributed by atoms with E-state index in [1.54, 1.807) is 0 Å². The smallest absolute Gasteiger partial charge is 0.342 e. The number of hydrogen-bond acceptors (Lipinski definition) is 6. The van der Waals surface area contributed by atoms with Crippen molar-refractivity contribution < 1.29 is 19.0 Å². The molecule has 0 fully saturated rings. The molecule has 1 heterocycles.